The van der Waals surface area contributed by atoms with Gasteiger partial charge >= 0.3 is 0 Å². The Morgan fingerprint density at radius 3 is 2.67 bits per heavy atom. The van der Waals surface area contributed by atoms with Gasteiger partial charge < -0.3 is 11.1 Å². The number of rotatable bonds is 4. The van der Waals surface area contributed by atoms with Crippen LogP contribution in [0.4, 0.5) is 5.69 Å². The van der Waals surface area contributed by atoms with Crippen LogP contribution in [0.2, 0.25) is 0 Å². The van der Waals surface area contributed by atoms with Crippen molar-refractivity contribution in [3.05, 3.63) is 35.9 Å². The maximum absolute atomic E-state index is 12.0. The standard InChI is InChI=1S/C12H15N5O3S/c1-17-7-15-11(16-17)6-14-12(18)8-3-9(13)5-10(4-8)21(2,19)20/h3-5,7H,6,13H2,1-2H3,(H,14,18). The van der Waals surface area contributed by atoms with Crippen molar-refractivity contribution in [2.75, 3.05) is 12.0 Å². The maximum Gasteiger partial charge on any atom is 0.251 e. The summed E-state index contributed by atoms with van der Waals surface area (Å²) in [4.78, 5) is 16.0. The molecular weight excluding hydrogens is 294 g/mol. The molecule has 112 valence electrons. The van der Waals surface area contributed by atoms with E-state index in [2.05, 4.69) is 15.4 Å². The highest BCUT2D eigenvalue weighted by atomic mass is 32.2. The van der Waals surface area contributed by atoms with Crippen LogP contribution < -0.4 is 11.1 Å². The minimum Gasteiger partial charge on any atom is -0.399 e. The number of anilines is 1. The summed E-state index contributed by atoms with van der Waals surface area (Å²) in [5.41, 5.74) is 6.01. The van der Waals surface area contributed by atoms with Gasteiger partial charge in [-0.3, -0.25) is 9.48 Å². The lowest BCUT2D eigenvalue weighted by atomic mass is 10.2. The van der Waals surface area contributed by atoms with E-state index in [1.165, 1.54) is 29.2 Å². The molecular formula is C12H15N5O3S. The number of amides is 1. The molecule has 1 heterocycles. The van der Waals surface area contributed by atoms with Crippen LogP contribution in [0.15, 0.2) is 29.4 Å². The summed E-state index contributed by atoms with van der Waals surface area (Å²) in [6.45, 7) is 0.142. The Morgan fingerprint density at radius 1 is 1.38 bits per heavy atom. The van der Waals surface area contributed by atoms with Crippen LogP contribution in [0, 0.1) is 0 Å². The number of nitrogens with zero attached hydrogens (tertiary/aromatic N) is 3. The van der Waals surface area contributed by atoms with Crippen LogP contribution in [0.5, 0.6) is 0 Å². The first-order valence-electron chi connectivity index (χ1n) is 5.99. The molecule has 1 aromatic carbocycles. The summed E-state index contributed by atoms with van der Waals surface area (Å²) in [5, 5.41) is 6.63. The summed E-state index contributed by atoms with van der Waals surface area (Å²) in [7, 11) is -1.72. The second kappa shape index (κ2) is 5.52. The van der Waals surface area contributed by atoms with E-state index in [0.29, 0.717) is 5.82 Å². The van der Waals surface area contributed by atoms with E-state index < -0.39 is 15.7 Å². The summed E-state index contributed by atoms with van der Waals surface area (Å²) in [6.07, 6.45) is 2.57. The fourth-order valence-electron chi connectivity index (χ4n) is 1.69. The van der Waals surface area contributed by atoms with Gasteiger partial charge in [0.25, 0.3) is 5.91 Å². The maximum atomic E-state index is 12.0. The summed E-state index contributed by atoms with van der Waals surface area (Å²) >= 11 is 0. The zero-order valence-corrected chi connectivity index (χ0v) is 12.4. The molecule has 0 spiro atoms. The Labute approximate surface area is 121 Å². The number of hydrogen-bond acceptors (Lipinski definition) is 6. The number of nitrogen functional groups attached to an aromatic ring is 1. The topological polar surface area (TPSA) is 120 Å². The average Bonchev–Trinajstić information content (AvgIpc) is 2.80. The fraction of sp³-hybridized carbons (Fsp3) is 0.250. The van der Waals surface area contributed by atoms with Crippen LogP contribution >= 0.6 is 0 Å². The van der Waals surface area contributed by atoms with Gasteiger partial charge in [-0.25, -0.2) is 13.4 Å². The third-order valence-corrected chi connectivity index (χ3v) is 3.77. The number of aromatic nitrogens is 3. The number of carbonyl (C=O) groups is 1. The van der Waals surface area contributed by atoms with E-state index in [1.54, 1.807) is 7.05 Å². The molecule has 0 aliphatic heterocycles. The summed E-state index contributed by atoms with van der Waals surface area (Å²) in [6, 6.07) is 4.01. The van der Waals surface area contributed by atoms with Gasteiger partial charge in [0.1, 0.15) is 6.33 Å². The molecule has 2 rings (SSSR count). The Balaban J connectivity index is 2.17. The van der Waals surface area contributed by atoms with Gasteiger partial charge in [0.2, 0.25) is 0 Å². The highest BCUT2D eigenvalue weighted by Crippen LogP contribution is 2.16. The van der Waals surface area contributed by atoms with Crippen LogP contribution in [-0.4, -0.2) is 35.3 Å². The average molecular weight is 309 g/mol. The van der Waals surface area contributed by atoms with Crippen LogP contribution in [-0.2, 0) is 23.4 Å². The van der Waals surface area contributed by atoms with E-state index in [9.17, 15) is 13.2 Å². The van der Waals surface area contributed by atoms with E-state index in [0.717, 1.165) is 6.26 Å². The number of nitrogens with one attached hydrogen (secondary N) is 1. The predicted octanol–water partition coefficient (Wildman–Crippen LogP) is -0.269. The largest absolute Gasteiger partial charge is 0.399 e. The molecule has 0 fully saturated rings. The molecule has 0 saturated heterocycles. The zero-order chi connectivity index (χ0) is 15.6. The van der Waals surface area contributed by atoms with Gasteiger partial charge in [0.05, 0.1) is 11.4 Å². The molecule has 9 heteroatoms. The second-order valence-corrected chi connectivity index (χ2v) is 6.60. The van der Waals surface area contributed by atoms with E-state index in [-0.39, 0.29) is 22.7 Å². The number of sulfone groups is 1. The lowest BCUT2D eigenvalue weighted by Crippen LogP contribution is -2.24. The zero-order valence-electron chi connectivity index (χ0n) is 11.6. The first-order chi connectivity index (χ1) is 9.75. The van der Waals surface area contributed by atoms with Crippen molar-refractivity contribution in [3.63, 3.8) is 0 Å². The molecule has 2 aromatic rings. The molecule has 0 radical (unpaired) electrons. The van der Waals surface area contributed by atoms with Gasteiger partial charge in [-0.15, -0.1) is 0 Å². The van der Waals surface area contributed by atoms with Crippen LogP contribution in [0.1, 0.15) is 16.2 Å². The molecule has 0 unspecified atom stereocenters. The monoisotopic (exact) mass is 309 g/mol. The van der Waals surface area contributed by atoms with Crippen molar-refractivity contribution in [3.8, 4) is 0 Å². The molecule has 0 bridgehead atoms. The fourth-order valence-corrected chi connectivity index (χ4v) is 2.38. The Kier molecular flexibility index (Phi) is 3.94. The number of nitrogens with two attached hydrogens (primary N) is 1. The van der Waals surface area contributed by atoms with Gasteiger partial charge in [0, 0.05) is 24.6 Å². The SMILES string of the molecule is Cn1cnc(CNC(=O)c2cc(N)cc(S(C)(=O)=O)c2)n1. The van der Waals surface area contributed by atoms with Crippen molar-refractivity contribution in [1.29, 1.82) is 0 Å². The molecule has 8 nitrogen and oxygen atoms in total. The smallest absolute Gasteiger partial charge is 0.251 e. The lowest BCUT2D eigenvalue weighted by molar-refractivity contribution is 0.0949. The second-order valence-electron chi connectivity index (χ2n) is 4.58. The van der Waals surface area contributed by atoms with Gasteiger partial charge in [-0.05, 0) is 18.2 Å². The van der Waals surface area contributed by atoms with Gasteiger partial charge in [0.15, 0.2) is 15.7 Å². The molecule has 3 N–H and O–H groups in total. The molecule has 1 amide bonds. The van der Waals surface area contributed by atoms with Crippen molar-refractivity contribution in [2.24, 2.45) is 7.05 Å². The molecule has 0 saturated carbocycles. The normalized spacial score (nSPS) is 11.3. The highest BCUT2D eigenvalue weighted by Gasteiger charge is 2.14. The van der Waals surface area contributed by atoms with E-state index in [4.69, 9.17) is 5.73 Å². The van der Waals surface area contributed by atoms with Crippen LogP contribution in [0.3, 0.4) is 0 Å². The number of benzene rings is 1. The number of aryl methyl sites for hydroxylation is 1. The number of carbonyl (C=O) groups excluding carboxylic acids is 1. The van der Waals surface area contributed by atoms with Crippen molar-refractivity contribution < 1.29 is 13.2 Å². The molecule has 21 heavy (non-hydrogen) atoms. The van der Waals surface area contributed by atoms with Crippen molar-refractivity contribution >= 4 is 21.4 Å². The molecule has 0 aliphatic rings. The Bertz CT molecular complexity index is 782. The molecule has 0 aliphatic carbocycles. The van der Waals surface area contributed by atoms with E-state index >= 15 is 0 Å². The summed E-state index contributed by atoms with van der Waals surface area (Å²) in [5.74, 6) is 0.0118. The lowest BCUT2D eigenvalue weighted by Gasteiger charge is -2.06. The third kappa shape index (κ3) is 3.78. The van der Waals surface area contributed by atoms with E-state index in [1.807, 2.05) is 0 Å². The predicted molar refractivity (Wildman–Crippen MR) is 76.1 cm³/mol. The quantitative estimate of drug-likeness (QED) is 0.750. The molecule has 1 aromatic heterocycles. The van der Waals surface area contributed by atoms with Gasteiger partial charge in [-0.2, -0.15) is 5.10 Å². The van der Waals surface area contributed by atoms with Gasteiger partial charge in [-0.1, -0.05) is 0 Å². The first kappa shape index (κ1) is 15.0. The third-order valence-electron chi connectivity index (χ3n) is 2.67. The Morgan fingerprint density at radius 2 is 2.10 bits per heavy atom. The molecule has 0 atom stereocenters. The first-order valence-corrected chi connectivity index (χ1v) is 7.88. The Hall–Kier alpha value is -2.42. The van der Waals surface area contributed by atoms with Crippen LogP contribution in [0.25, 0.3) is 0 Å². The van der Waals surface area contributed by atoms with Crippen molar-refractivity contribution in [1.82, 2.24) is 20.1 Å². The minimum absolute atomic E-state index is 0.00334. The minimum atomic E-state index is -3.43. The number of hydrogen-bond donors (Lipinski definition) is 2. The summed E-state index contributed by atoms with van der Waals surface area (Å²) < 4.78 is 24.6. The van der Waals surface area contributed by atoms with Crippen molar-refractivity contribution in [2.45, 2.75) is 11.4 Å². The highest BCUT2D eigenvalue weighted by molar-refractivity contribution is 7.90.